The number of fused-ring (bicyclic) bond motifs is 4. The summed E-state index contributed by atoms with van der Waals surface area (Å²) in [6.45, 7) is 4.68. The van der Waals surface area contributed by atoms with Gasteiger partial charge < -0.3 is 4.90 Å². The third-order valence-corrected chi connectivity index (χ3v) is 7.33. The van der Waals surface area contributed by atoms with E-state index in [-0.39, 0.29) is 5.41 Å². The molecule has 0 fully saturated rings. The summed E-state index contributed by atoms with van der Waals surface area (Å²) in [7, 11) is 0. The van der Waals surface area contributed by atoms with Crippen molar-refractivity contribution < 1.29 is 0 Å². The minimum atomic E-state index is -0.0134. The van der Waals surface area contributed by atoms with E-state index in [1.54, 1.807) is 0 Å². The summed E-state index contributed by atoms with van der Waals surface area (Å²) in [5.74, 6) is 0.898. The molecule has 0 bridgehead atoms. The molecule has 3 nitrogen and oxygen atoms in total. The maximum atomic E-state index is 4.80. The van der Waals surface area contributed by atoms with Crippen LogP contribution in [0.2, 0.25) is 0 Å². The lowest BCUT2D eigenvalue weighted by Crippen LogP contribution is -2.16. The van der Waals surface area contributed by atoms with Crippen LogP contribution in [0.5, 0.6) is 0 Å². The summed E-state index contributed by atoms with van der Waals surface area (Å²) in [6.07, 6.45) is 8.14. The van der Waals surface area contributed by atoms with Crippen molar-refractivity contribution in [2.24, 2.45) is 0 Å². The molecule has 162 valence electrons. The van der Waals surface area contributed by atoms with E-state index in [4.69, 9.17) is 4.98 Å². The van der Waals surface area contributed by atoms with Gasteiger partial charge >= 0.3 is 0 Å². The van der Waals surface area contributed by atoms with E-state index in [1.807, 2.05) is 30.6 Å². The van der Waals surface area contributed by atoms with Crippen molar-refractivity contribution in [3.8, 4) is 22.4 Å². The Hall–Kier alpha value is -4.24. The molecule has 0 saturated heterocycles. The third kappa shape index (κ3) is 2.58. The zero-order valence-electron chi connectivity index (χ0n) is 19.2. The molecule has 3 heteroatoms. The Labute approximate surface area is 199 Å². The fourth-order valence-electron chi connectivity index (χ4n) is 5.65. The van der Waals surface area contributed by atoms with Crippen LogP contribution in [-0.2, 0) is 5.41 Å². The van der Waals surface area contributed by atoms with Gasteiger partial charge in [0.2, 0.25) is 0 Å². The van der Waals surface area contributed by atoms with Crippen LogP contribution in [0.25, 0.3) is 39.2 Å². The Kier molecular flexibility index (Phi) is 3.89. The first-order valence-corrected chi connectivity index (χ1v) is 11.7. The lowest BCUT2D eigenvalue weighted by Gasteiger charge is -2.28. The fraction of sp³-hybridized carbons (Fsp3) is 0.0968. The predicted octanol–water partition coefficient (Wildman–Crippen LogP) is 7.73. The maximum Gasteiger partial charge on any atom is 0.137 e. The van der Waals surface area contributed by atoms with Crippen LogP contribution >= 0.6 is 0 Å². The highest BCUT2D eigenvalue weighted by Crippen LogP contribution is 2.54. The van der Waals surface area contributed by atoms with Gasteiger partial charge in [0.05, 0.1) is 11.4 Å². The molecule has 0 saturated carbocycles. The van der Waals surface area contributed by atoms with E-state index in [0.717, 1.165) is 22.8 Å². The highest BCUT2D eigenvalue weighted by molar-refractivity contribution is 6.10. The van der Waals surface area contributed by atoms with Gasteiger partial charge in [0, 0.05) is 35.0 Å². The molecule has 3 aromatic carbocycles. The second-order valence-corrected chi connectivity index (χ2v) is 9.56. The monoisotopic (exact) mass is 437 g/mol. The fourth-order valence-corrected chi connectivity index (χ4v) is 5.65. The molecule has 7 rings (SSSR count). The van der Waals surface area contributed by atoms with Crippen LogP contribution in [0.4, 0.5) is 11.5 Å². The average Bonchev–Trinajstić information content (AvgIpc) is 3.12. The van der Waals surface area contributed by atoms with Crippen LogP contribution in [0.3, 0.4) is 0 Å². The third-order valence-electron chi connectivity index (χ3n) is 7.33. The Morgan fingerprint density at radius 3 is 2.50 bits per heavy atom. The predicted molar refractivity (Wildman–Crippen MR) is 140 cm³/mol. The van der Waals surface area contributed by atoms with E-state index in [9.17, 15) is 0 Å². The lowest BCUT2D eigenvalue weighted by atomic mass is 9.81. The van der Waals surface area contributed by atoms with Gasteiger partial charge in [0.1, 0.15) is 5.82 Å². The average molecular weight is 438 g/mol. The Morgan fingerprint density at radius 1 is 0.794 bits per heavy atom. The molecule has 0 unspecified atom stereocenters. The smallest absolute Gasteiger partial charge is 0.137 e. The van der Waals surface area contributed by atoms with Gasteiger partial charge in [0.15, 0.2) is 0 Å². The zero-order valence-corrected chi connectivity index (χ0v) is 19.2. The minimum Gasteiger partial charge on any atom is -0.301 e. The van der Waals surface area contributed by atoms with E-state index in [0.29, 0.717) is 0 Å². The molecule has 2 aliphatic rings. The van der Waals surface area contributed by atoms with Crippen LogP contribution in [0, 0.1) is 0 Å². The molecular weight excluding hydrogens is 414 g/mol. The maximum absolute atomic E-state index is 4.80. The molecule has 0 radical (unpaired) electrons. The summed E-state index contributed by atoms with van der Waals surface area (Å²) < 4.78 is 0. The Balaban J connectivity index is 1.40. The molecule has 0 spiro atoms. The summed E-state index contributed by atoms with van der Waals surface area (Å²) in [6, 6.07) is 27.9. The lowest BCUT2D eigenvalue weighted by molar-refractivity contribution is 0.661. The number of nitrogens with zero attached hydrogens (tertiary/aromatic N) is 3. The highest BCUT2D eigenvalue weighted by Gasteiger charge is 2.37. The number of benzene rings is 3. The first-order valence-electron chi connectivity index (χ1n) is 11.7. The molecule has 0 N–H and O–H groups in total. The van der Waals surface area contributed by atoms with Crippen molar-refractivity contribution in [1.82, 2.24) is 9.97 Å². The van der Waals surface area contributed by atoms with Crippen molar-refractivity contribution in [2.75, 3.05) is 4.90 Å². The van der Waals surface area contributed by atoms with Gasteiger partial charge in [0.25, 0.3) is 0 Å². The molecule has 2 aromatic heterocycles. The van der Waals surface area contributed by atoms with Crippen LogP contribution in [0.1, 0.15) is 30.5 Å². The second kappa shape index (κ2) is 6.88. The Morgan fingerprint density at radius 2 is 1.68 bits per heavy atom. The van der Waals surface area contributed by atoms with Gasteiger partial charge in [-0.05, 0) is 75.7 Å². The number of rotatable bonds is 2. The summed E-state index contributed by atoms with van der Waals surface area (Å²) >= 11 is 0. The number of anilines is 2. The molecule has 34 heavy (non-hydrogen) atoms. The normalized spacial score (nSPS) is 14.8. The first-order chi connectivity index (χ1) is 16.6. The van der Waals surface area contributed by atoms with Crippen LogP contribution < -0.4 is 4.90 Å². The van der Waals surface area contributed by atoms with E-state index >= 15 is 0 Å². The highest BCUT2D eigenvalue weighted by atomic mass is 15.2. The van der Waals surface area contributed by atoms with E-state index < -0.39 is 0 Å². The Bertz CT molecular complexity index is 1610. The summed E-state index contributed by atoms with van der Waals surface area (Å²) in [5.41, 5.74) is 9.94. The molecule has 0 atom stereocenters. The van der Waals surface area contributed by atoms with Crippen LogP contribution in [0.15, 0.2) is 97.5 Å². The number of pyridine rings is 2. The number of hydrogen-bond acceptors (Lipinski definition) is 3. The van der Waals surface area contributed by atoms with Crippen molar-refractivity contribution >= 4 is 28.4 Å². The first kappa shape index (κ1) is 19.2. The van der Waals surface area contributed by atoms with Gasteiger partial charge in [-0.1, -0.05) is 56.3 Å². The standard InChI is InChI=1S/C31H23N3/c1-31(2)24-10-4-3-9-22(24)30-23-15-17-34(27-12-7-8-20(29(23)27)18-25(30)31)28-14-13-21(19-33-28)26-11-5-6-16-32-26/h3-19H,1-2H3. The minimum absolute atomic E-state index is 0.0134. The molecule has 3 heterocycles. The van der Waals surface area contributed by atoms with Crippen LogP contribution in [-0.4, -0.2) is 9.97 Å². The van der Waals surface area contributed by atoms with Gasteiger partial charge in [-0.2, -0.15) is 0 Å². The summed E-state index contributed by atoms with van der Waals surface area (Å²) in [5, 5.41) is 2.55. The van der Waals surface area contributed by atoms with Gasteiger partial charge in [-0.25, -0.2) is 4.98 Å². The van der Waals surface area contributed by atoms with Crippen molar-refractivity contribution in [3.05, 3.63) is 114 Å². The SMILES string of the molecule is CC1(C)c2ccccc2-c2c1cc1cccc3c1c2C=CN3c1ccc(-c2ccccn2)cn1. The largest absolute Gasteiger partial charge is 0.301 e. The number of hydrogen-bond donors (Lipinski definition) is 0. The topological polar surface area (TPSA) is 29.0 Å². The number of aromatic nitrogens is 2. The zero-order chi connectivity index (χ0) is 22.9. The summed E-state index contributed by atoms with van der Waals surface area (Å²) in [4.78, 5) is 11.4. The van der Waals surface area contributed by atoms with E-state index in [1.165, 1.54) is 38.6 Å². The van der Waals surface area contributed by atoms with Crippen molar-refractivity contribution in [3.63, 3.8) is 0 Å². The van der Waals surface area contributed by atoms with E-state index in [2.05, 4.69) is 96.7 Å². The molecular formula is C31H23N3. The molecule has 5 aromatic rings. The van der Waals surface area contributed by atoms with Gasteiger partial charge in [-0.3, -0.25) is 4.98 Å². The van der Waals surface area contributed by atoms with Crippen molar-refractivity contribution in [1.29, 1.82) is 0 Å². The quantitative estimate of drug-likeness (QED) is 0.283. The second-order valence-electron chi connectivity index (χ2n) is 9.56. The molecule has 1 aliphatic carbocycles. The molecule has 1 aliphatic heterocycles. The molecule has 0 amide bonds. The van der Waals surface area contributed by atoms with Gasteiger partial charge in [-0.15, -0.1) is 0 Å². The van der Waals surface area contributed by atoms with Crippen molar-refractivity contribution in [2.45, 2.75) is 19.3 Å².